The van der Waals surface area contributed by atoms with Gasteiger partial charge in [-0.15, -0.1) is 0 Å². The molecule has 6 heteroatoms. The molecule has 3 rings (SSSR count). The Balaban J connectivity index is 1.84. The number of nitrogens with zero attached hydrogens (tertiary/aromatic N) is 2. The number of aromatic nitrogens is 1. The average molecular weight is 347 g/mol. The third-order valence-corrected chi connectivity index (χ3v) is 4.14. The zero-order chi connectivity index (χ0) is 16.4. The van der Waals surface area contributed by atoms with E-state index in [1.165, 1.54) is 12.3 Å². The number of carbonyl (C=O) groups is 1. The summed E-state index contributed by atoms with van der Waals surface area (Å²) >= 11 is 12.1. The minimum atomic E-state index is -0.583. The van der Waals surface area contributed by atoms with E-state index in [1.54, 1.807) is 18.2 Å². The SMILES string of the molecule is Cn1c(Cl)c(/C=N/OC(=O)c2cccc(Cl)c2)c2ccccc21. The van der Waals surface area contributed by atoms with Crippen molar-refractivity contribution in [1.82, 2.24) is 4.57 Å². The van der Waals surface area contributed by atoms with Gasteiger partial charge in [0.1, 0.15) is 5.15 Å². The molecule has 3 aromatic rings. The second-order valence-corrected chi connectivity index (χ2v) is 5.70. The molecule has 0 amide bonds. The van der Waals surface area contributed by atoms with E-state index in [4.69, 9.17) is 28.0 Å². The van der Waals surface area contributed by atoms with E-state index < -0.39 is 5.97 Å². The predicted molar refractivity (Wildman–Crippen MR) is 92.4 cm³/mol. The number of carbonyl (C=O) groups excluding carboxylic acids is 1. The lowest BCUT2D eigenvalue weighted by Gasteiger charge is -1.98. The molecular weight excluding hydrogens is 335 g/mol. The van der Waals surface area contributed by atoms with Gasteiger partial charge in [0.05, 0.1) is 11.8 Å². The number of rotatable bonds is 3. The molecule has 23 heavy (non-hydrogen) atoms. The Kier molecular flexibility index (Phi) is 4.37. The zero-order valence-electron chi connectivity index (χ0n) is 12.2. The summed E-state index contributed by atoms with van der Waals surface area (Å²) in [6.07, 6.45) is 1.44. The lowest BCUT2D eigenvalue weighted by atomic mass is 10.2. The van der Waals surface area contributed by atoms with Crippen molar-refractivity contribution in [3.63, 3.8) is 0 Å². The molecule has 0 aliphatic heterocycles. The third-order valence-electron chi connectivity index (χ3n) is 3.45. The van der Waals surface area contributed by atoms with Gasteiger partial charge in [-0.05, 0) is 24.3 Å². The topological polar surface area (TPSA) is 43.6 Å². The van der Waals surface area contributed by atoms with Gasteiger partial charge in [-0.1, -0.05) is 52.6 Å². The molecule has 1 heterocycles. The molecule has 4 nitrogen and oxygen atoms in total. The molecule has 2 aromatic carbocycles. The molecule has 0 aliphatic carbocycles. The summed E-state index contributed by atoms with van der Waals surface area (Å²) in [7, 11) is 1.86. The van der Waals surface area contributed by atoms with Crippen molar-refractivity contribution in [2.24, 2.45) is 12.2 Å². The summed E-state index contributed by atoms with van der Waals surface area (Å²) in [5.41, 5.74) is 2.00. The minimum Gasteiger partial charge on any atom is -0.334 e. The van der Waals surface area contributed by atoms with Gasteiger partial charge in [-0.2, -0.15) is 0 Å². The van der Waals surface area contributed by atoms with Crippen molar-refractivity contribution in [2.75, 3.05) is 0 Å². The van der Waals surface area contributed by atoms with Crippen molar-refractivity contribution < 1.29 is 9.63 Å². The van der Waals surface area contributed by atoms with Crippen molar-refractivity contribution in [2.45, 2.75) is 0 Å². The van der Waals surface area contributed by atoms with Gasteiger partial charge in [-0.3, -0.25) is 0 Å². The van der Waals surface area contributed by atoms with Crippen molar-refractivity contribution in [1.29, 1.82) is 0 Å². The van der Waals surface area contributed by atoms with E-state index in [9.17, 15) is 4.79 Å². The Hall–Kier alpha value is -2.30. The highest BCUT2D eigenvalue weighted by molar-refractivity contribution is 6.34. The van der Waals surface area contributed by atoms with Gasteiger partial charge < -0.3 is 9.40 Å². The fraction of sp³-hybridized carbons (Fsp3) is 0.0588. The second kappa shape index (κ2) is 6.44. The van der Waals surface area contributed by atoms with Crippen molar-refractivity contribution in [3.8, 4) is 0 Å². The highest BCUT2D eigenvalue weighted by atomic mass is 35.5. The molecule has 0 N–H and O–H groups in total. The Labute approximate surface area is 142 Å². The average Bonchev–Trinajstić information content (AvgIpc) is 2.80. The Morgan fingerprint density at radius 2 is 1.96 bits per heavy atom. The van der Waals surface area contributed by atoms with Crippen molar-refractivity contribution >= 4 is 46.3 Å². The van der Waals surface area contributed by atoms with E-state index in [0.717, 1.165) is 10.9 Å². The summed E-state index contributed by atoms with van der Waals surface area (Å²) in [4.78, 5) is 16.8. The molecule has 0 radical (unpaired) electrons. The van der Waals surface area contributed by atoms with Crippen LogP contribution < -0.4 is 0 Å². The smallest absolute Gasteiger partial charge is 0.334 e. The number of aryl methyl sites for hydroxylation is 1. The molecule has 0 saturated heterocycles. The highest BCUT2D eigenvalue weighted by Gasteiger charge is 2.12. The van der Waals surface area contributed by atoms with Crippen LogP contribution in [0.25, 0.3) is 10.9 Å². The molecule has 0 aliphatic rings. The maximum Gasteiger partial charge on any atom is 0.365 e. The van der Waals surface area contributed by atoms with E-state index in [0.29, 0.717) is 21.3 Å². The fourth-order valence-corrected chi connectivity index (χ4v) is 2.74. The van der Waals surface area contributed by atoms with Crippen LogP contribution >= 0.6 is 23.2 Å². The molecule has 1 aromatic heterocycles. The van der Waals surface area contributed by atoms with Crippen LogP contribution in [0.3, 0.4) is 0 Å². The molecule has 116 valence electrons. The Morgan fingerprint density at radius 1 is 1.17 bits per heavy atom. The number of benzene rings is 2. The van der Waals surface area contributed by atoms with E-state index in [-0.39, 0.29) is 0 Å². The third kappa shape index (κ3) is 3.09. The van der Waals surface area contributed by atoms with Gasteiger partial charge in [0, 0.05) is 28.5 Å². The van der Waals surface area contributed by atoms with Gasteiger partial charge >= 0.3 is 5.97 Å². The quantitative estimate of drug-likeness (QED) is 0.392. The van der Waals surface area contributed by atoms with Gasteiger partial charge in [0.15, 0.2) is 0 Å². The first-order chi connectivity index (χ1) is 11.1. The number of hydrogen-bond acceptors (Lipinski definition) is 3. The molecule has 0 bridgehead atoms. The van der Waals surface area contributed by atoms with Crippen LogP contribution in [0.15, 0.2) is 53.7 Å². The van der Waals surface area contributed by atoms with Crippen LogP contribution in [0.2, 0.25) is 10.2 Å². The molecular formula is C17H12Cl2N2O2. The van der Waals surface area contributed by atoms with Crippen LogP contribution in [-0.4, -0.2) is 16.8 Å². The first kappa shape index (κ1) is 15.6. The molecule has 0 saturated carbocycles. The molecule has 0 unspecified atom stereocenters. The maximum atomic E-state index is 11.9. The zero-order valence-corrected chi connectivity index (χ0v) is 13.7. The first-order valence-electron chi connectivity index (χ1n) is 6.81. The monoisotopic (exact) mass is 346 g/mol. The van der Waals surface area contributed by atoms with Gasteiger partial charge in [0.25, 0.3) is 0 Å². The number of oxime groups is 1. The first-order valence-corrected chi connectivity index (χ1v) is 7.56. The largest absolute Gasteiger partial charge is 0.365 e. The van der Waals surface area contributed by atoms with Crippen molar-refractivity contribution in [3.05, 3.63) is 69.8 Å². The number of hydrogen-bond donors (Lipinski definition) is 0. The van der Waals surface area contributed by atoms with E-state index in [2.05, 4.69) is 5.16 Å². The summed E-state index contributed by atoms with van der Waals surface area (Å²) in [5, 5.41) is 5.67. The number of para-hydroxylation sites is 1. The normalized spacial score (nSPS) is 11.3. The molecule has 0 spiro atoms. The summed E-state index contributed by atoms with van der Waals surface area (Å²) < 4.78 is 1.84. The highest BCUT2D eigenvalue weighted by Crippen LogP contribution is 2.27. The summed E-state index contributed by atoms with van der Waals surface area (Å²) in [5.74, 6) is -0.583. The molecule has 0 fully saturated rings. The lowest BCUT2D eigenvalue weighted by Crippen LogP contribution is -2.00. The van der Waals surface area contributed by atoms with Crippen LogP contribution in [0.4, 0.5) is 0 Å². The molecule has 0 atom stereocenters. The lowest BCUT2D eigenvalue weighted by molar-refractivity contribution is 0.0519. The fourth-order valence-electron chi connectivity index (χ4n) is 2.31. The number of fused-ring (bicyclic) bond motifs is 1. The Bertz CT molecular complexity index is 916. The minimum absolute atomic E-state index is 0.332. The van der Waals surface area contributed by atoms with E-state index >= 15 is 0 Å². The van der Waals surface area contributed by atoms with Gasteiger partial charge in [0.2, 0.25) is 0 Å². The Morgan fingerprint density at radius 3 is 2.74 bits per heavy atom. The second-order valence-electron chi connectivity index (χ2n) is 4.90. The van der Waals surface area contributed by atoms with Crippen LogP contribution in [-0.2, 0) is 11.9 Å². The van der Waals surface area contributed by atoms with Crippen LogP contribution in [0.1, 0.15) is 15.9 Å². The summed E-state index contributed by atoms with van der Waals surface area (Å²) in [6, 6.07) is 14.2. The number of halogens is 2. The summed E-state index contributed by atoms with van der Waals surface area (Å²) in [6.45, 7) is 0. The van der Waals surface area contributed by atoms with Crippen LogP contribution in [0.5, 0.6) is 0 Å². The maximum absolute atomic E-state index is 11.9. The van der Waals surface area contributed by atoms with E-state index in [1.807, 2.05) is 35.9 Å². The van der Waals surface area contributed by atoms with Gasteiger partial charge in [-0.25, -0.2) is 4.79 Å². The predicted octanol–water partition coefficient (Wildman–Crippen LogP) is 4.68. The standard InChI is InChI=1S/C17H12Cl2N2O2/c1-21-15-8-3-2-7-13(15)14(16(21)19)10-20-23-17(22)11-5-4-6-12(18)9-11/h2-10H,1H3/b20-10+. The van der Waals surface area contributed by atoms with Crippen LogP contribution in [0, 0.1) is 0 Å².